The van der Waals surface area contributed by atoms with Gasteiger partial charge in [0.25, 0.3) is 0 Å². The highest BCUT2D eigenvalue weighted by Crippen LogP contribution is 2.15. The molecule has 0 aromatic heterocycles. The fourth-order valence-corrected chi connectivity index (χ4v) is 1.39. The zero-order valence-electron chi connectivity index (χ0n) is 7.56. The van der Waals surface area contributed by atoms with Crippen molar-refractivity contribution in [1.29, 1.82) is 0 Å². The van der Waals surface area contributed by atoms with Crippen molar-refractivity contribution in [1.82, 2.24) is 0 Å². The van der Waals surface area contributed by atoms with E-state index in [-0.39, 0.29) is 11.9 Å². The Bertz CT molecular complexity index is 266. The topological polar surface area (TPSA) is 26.0 Å². The van der Waals surface area contributed by atoms with Crippen molar-refractivity contribution in [2.45, 2.75) is 25.8 Å². The van der Waals surface area contributed by atoms with Crippen LogP contribution in [0.1, 0.15) is 18.9 Å². The molecule has 0 amide bonds. The lowest BCUT2D eigenvalue weighted by Crippen LogP contribution is -2.15. The van der Waals surface area contributed by atoms with Crippen molar-refractivity contribution in [3.63, 3.8) is 0 Å². The summed E-state index contributed by atoms with van der Waals surface area (Å²) in [4.78, 5) is 0. The summed E-state index contributed by atoms with van der Waals surface area (Å²) in [6, 6.07) is 4.71. The second kappa shape index (κ2) is 4.58. The summed E-state index contributed by atoms with van der Waals surface area (Å²) in [5.41, 5.74) is 6.49. The molecule has 1 nitrogen and oxygen atoms in total. The maximum absolute atomic E-state index is 12.8. The summed E-state index contributed by atoms with van der Waals surface area (Å²) in [6.45, 7) is 1.93. The van der Waals surface area contributed by atoms with Crippen LogP contribution in [0.15, 0.2) is 18.2 Å². The Labute approximate surface area is 82.7 Å². The zero-order valence-corrected chi connectivity index (χ0v) is 8.31. The van der Waals surface area contributed by atoms with Crippen molar-refractivity contribution in [3.8, 4) is 0 Å². The minimum Gasteiger partial charge on any atom is -0.328 e. The number of hydrogen-bond acceptors (Lipinski definition) is 1. The molecule has 0 heterocycles. The molecule has 1 rings (SSSR count). The van der Waals surface area contributed by atoms with Crippen LogP contribution in [0.3, 0.4) is 0 Å². The largest absolute Gasteiger partial charge is 0.328 e. The maximum atomic E-state index is 12.8. The van der Waals surface area contributed by atoms with Gasteiger partial charge in [0.15, 0.2) is 0 Å². The van der Waals surface area contributed by atoms with Gasteiger partial charge in [-0.1, -0.05) is 11.6 Å². The van der Waals surface area contributed by atoms with Crippen molar-refractivity contribution in [3.05, 3.63) is 34.6 Å². The minimum absolute atomic E-state index is 0.141. The fourth-order valence-electron chi connectivity index (χ4n) is 1.15. The highest BCUT2D eigenvalue weighted by atomic mass is 35.5. The van der Waals surface area contributed by atoms with Gasteiger partial charge in [0.1, 0.15) is 5.82 Å². The van der Waals surface area contributed by atoms with Crippen LogP contribution in [0.5, 0.6) is 0 Å². The predicted octanol–water partition coefficient (Wildman–Crippen LogP) is 2.76. The van der Waals surface area contributed by atoms with Crippen LogP contribution in [0.25, 0.3) is 0 Å². The summed E-state index contributed by atoms with van der Waals surface area (Å²) in [7, 11) is 0. The van der Waals surface area contributed by atoms with Crippen LogP contribution in [-0.4, -0.2) is 6.04 Å². The molecule has 1 atom stereocenters. The van der Waals surface area contributed by atoms with Crippen molar-refractivity contribution in [2.24, 2.45) is 5.73 Å². The van der Waals surface area contributed by atoms with E-state index in [0.717, 1.165) is 18.4 Å². The Balaban J connectivity index is 2.66. The summed E-state index contributed by atoms with van der Waals surface area (Å²) in [6.07, 6.45) is 1.62. The van der Waals surface area contributed by atoms with E-state index in [9.17, 15) is 4.39 Å². The van der Waals surface area contributed by atoms with E-state index < -0.39 is 0 Å². The van der Waals surface area contributed by atoms with Gasteiger partial charge >= 0.3 is 0 Å². The summed E-state index contributed by atoms with van der Waals surface area (Å²) >= 11 is 5.69. The summed E-state index contributed by atoms with van der Waals surface area (Å²) < 4.78 is 12.8. The van der Waals surface area contributed by atoms with Crippen LogP contribution < -0.4 is 5.73 Å². The monoisotopic (exact) mass is 201 g/mol. The Morgan fingerprint density at radius 2 is 2.15 bits per heavy atom. The first-order valence-corrected chi connectivity index (χ1v) is 4.66. The number of nitrogens with two attached hydrogens (primary N) is 1. The zero-order chi connectivity index (χ0) is 9.84. The van der Waals surface area contributed by atoms with E-state index in [4.69, 9.17) is 17.3 Å². The average molecular weight is 202 g/mol. The molecule has 13 heavy (non-hydrogen) atoms. The van der Waals surface area contributed by atoms with Gasteiger partial charge < -0.3 is 5.73 Å². The van der Waals surface area contributed by atoms with Gasteiger partial charge in [0, 0.05) is 11.1 Å². The number of halogens is 2. The molecule has 1 aromatic carbocycles. The minimum atomic E-state index is -0.285. The van der Waals surface area contributed by atoms with Gasteiger partial charge in [0.05, 0.1) is 0 Å². The Hall–Kier alpha value is -0.600. The predicted molar refractivity (Wildman–Crippen MR) is 53.4 cm³/mol. The lowest BCUT2D eigenvalue weighted by atomic mass is 10.1. The Morgan fingerprint density at radius 3 is 2.69 bits per heavy atom. The molecular weight excluding hydrogens is 189 g/mol. The molecule has 1 aromatic rings. The molecule has 0 aliphatic carbocycles. The van der Waals surface area contributed by atoms with E-state index >= 15 is 0 Å². The highest BCUT2D eigenvalue weighted by molar-refractivity contribution is 6.30. The molecule has 0 spiro atoms. The summed E-state index contributed by atoms with van der Waals surface area (Å²) in [5, 5.41) is 0.444. The average Bonchev–Trinajstić information content (AvgIpc) is 1.99. The first kappa shape index (κ1) is 10.5. The first-order valence-electron chi connectivity index (χ1n) is 4.28. The molecule has 0 unspecified atom stereocenters. The van der Waals surface area contributed by atoms with E-state index in [1.54, 1.807) is 6.07 Å². The molecule has 0 aliphatic rings. The van der Waals surface area contributed by atoms with Crippen LogP contribution in [0, 0.1) is 5.82 Å². The van der Waals surface area contributed by atoms with E-state index in [1.165, 1.54) is 12.1 Å². The fraction of sp³-hybridized carbons (Fsp3) is 0.400. The Kier molecular flexibility index (Phi) is 3.70. The van der Waals surface area contributed by atoms with Gasteiger partial charge in [-0.2, -0.15) is 0 Å². The van der Waals surface area contributed by atoms with E-state index in [1.807, 2.05) is 6.92 Å². The van der Waals surface area contributed by atoms with Gasteiger partial charge in [-0.25, -0.2) is 4.39 Å². The molecule has 0 radical (unpaired) electrons. The molecule has 0 saturated heterocycles. The van der Waals surface area contributed by atoms with Crippen molar-refractivity contribution < 1.29 is 4.39 Å². The highest BCUT2D eigenvalue weighted by Gasteiger charge is 2.00. The van der Waals surface area contributed by atoms with Gasteiger partial charge in [-0.05, 0) is 43.5 Å². The smallest absolute Gasteiger partial charge is 0.124 e. The van der Waals surface area contributed by atoms with Crippen LogP contribution in [-0.2, 0) is 6.42 Å². The van der Waals surface area contributed by atoms with Gasteiger partial charge in [-0.3, -0.25) is 0 Å². The van der Waals surface area contributed by atoms with Gasteiger partial charge in [-0.15, -0.1) is 0 Å². The van der Waals surface area contributed by atoms with Crippen LogP contribution >= 0.6 is 11.6 Å². The lowest BCUT2D eigenvalue weighted by Gasteiger charge is -2.05. The third-order valence-corrected chi connectivity index (χ3v) is 2.03. The molecule has 72 valence electrons. The van der Waals surface area contributed by atoms with E-state index in [0.29, 0.717) is 5.02 Å². The normalized spacial score (nSPS) is 12.9. The quantitative estimate of drug-likeness (QED) is 0.800. The van der Waals surface area contributed by atoms with Crippen LogP contribution in [0.4, 0.5) is 4.39 Å². The number of benzene rings is 1. The van der Waals surface area contributed by atoms with Crippen molar-refractivity contribution in [2.75, 3.05) is 0 Å². The van der Waals surface area contributed by atoms with Crippen LogP contribution in [0.2, 0.25) is 5.02 Å². The number of rotatable bonds is 3. The molecule has 3 heteroatoms. The molecular formula is C10H13ClFN. The molecule has 2 N–H and O–H groups in total. The Morgan fingerprint density at radius 1 is 1.46 bits per heavy atom. The van der Waals surface area contributed by atoms with E-state index in [2.05, 4.69) is 0 Å². The standard InChI is InChI=1S/C10H13ClFN/c1-7(13)2-3-8-4-9(11)6-10(12)5-8/h4-7H,2-3,13H2,1H3/t7-/m0/s1. The third-order valence-electron chi connectivity index (χ3n) is 1.81. The maximum Gasteiger partial charge on any atom is 0.124 e. The first-order chi connectivity index (χ1) is 6.08. The summed E-state index contributed by atoms with van der Waals surface area (Å²) in [5.74, 6) is -0.285. The van der Waals surface area contributed by atoms with Gasteiger partial charge in [0.2, 0.25) is 0 Å². The molecule has 0 aliphatic heterocycles. The number of aryl methyl sites for hydroxylation is 1. The SMILES string of the molecule is C[C@H](N)CCc1cc(F)cc(Cl)c1. The molecule has 0 fully saturated rings. The molecule has 0 bridgehead atoms. The number of hydrogen-bond donors (Lipinski definition) is 1. The third kappa shape index (κ3) is 3.75. The van der Waals surface area contributed by atoms with Crippen molar-refractivity contribution >= 4 is 11.6 Å². The second-order valence-electron chi connectivity index (χ2n) is 3.29. The lowest BCUT2D eigenvalue weighted by molar-refractivity contribution is 0.620. The second-order valence-corrected chi connectivity index (χ2v) is 3.73. The molecule has 0 saturated carbocycles.